The molecule has 1 N–H and O–H groups in total. The number of fused-ring (bicyclic) bond motifs is 1. The molecule has 0 spiro atoms. The van der Waals surface area contributed by atoms with E-state index in [1.165, 1.54) is 0 Å². The van der Waals surface area contributed by atoms with Gasteiger partial charge in [-0.25, -0.2) is 4.98 Å². The van der Waals surface area contributed by atoms with Crippen molar-refractivity contribution in [3.63, 3.8) is 0 Å². The summed E-state index contributed by atoms with van der Waals surface area (Å²) >= 11 is 3.48. The van der Waals surface area contributed by atoms with Gasteiger partial charge in [-0.1, -0.05) is 12.1 Å². The fourth-order valence-electron chi connectivity index (χ4n) is 3.56. The quantitative estimate of drug-likeness (QED) is 0.453. The first kappa shape index (κ1) is 19.9. The maximum Gasteiger partial charge on any atom is 0.135 e. The SMILES string of the molecule is Cc1cccc(S(=O)Cc2cc3c(Cn4ccnc4C)c(O)c(Br)cc3n2C)c1. The third kappa shape index (κ3) is 3.76. The zero-order valence-electron chi connectivity index (χ0n) is 16.5. The number of phenols is 1. The second kappa shape index (κ2) is 7.80. The van der Waals surface area contributed by atoms with Crippen LogP contribution in [0.15, 0.2) is 58.2 Å². The second-order valence-electron chi connectivity index (χ2n) is 7.22. The highest BCUT2D eigenvalue weighted by molar-refractivity contribution is 9.10. The average molecular weight is 472 g/mol. The molecule has 0 saturated heterocycles. The minimum Gasteiger partial charge on any atom is -0.506 e. The van der Waals surface area contributed by atoms with E-state index < -0.39 is 10.8 Å². The predicted octanol–water partition coefficient (Wildman–Crippen LogP) is 4.82. The number of imidazole rings is 1. The highest BCUT2D eigenvalue weighted by atomic mass is 79.9. The van der Waals surface area contributed by atoms with Crippen LogP contribution in [0, 0.1) is 13.8 Å². The lowest BCUT2D eigenvalue weighted by atomic mass is 10.1. The average Bonchev–Trinajstić information content (AvgIpc) is 3.23. The lowest BCUT2D eigenvalue weighted by Gasteiger charge is -2.11. The van der Waals surface area contributed by atoms with Gasteiger partial charge in [0.25, 0.3) is 0 Å². The van der Waals surface area contributed by atoms with Crippen molar-refractivity contribution in [2.75, 3.05) is 0 Å². The van der Waals surface area contributed by atoms with Crippen molar-refractivity contribution >= 4 is 37.6 Å². The summed E-state index contributed by atoms with van der Waals surface area (Å²) < 4.78 is 17.6. The summed E-state index contributed by atoms with van der Waals surface area (Å²) in [6, 6.07) is 11.8. The van der Waals surface area contributed by atoms with Gasteiger partial charge in [-0.15, -0.1) is 0 Å². The molecule has 5 nitrogen and oxygen atoms in total. The van der Waals surface area contributed by atoms with E-state index in [0.29, 0.717) is 16.8 Å². The molecular formula is C22H22BrN3O2S. The lowest BCUT2D eigenvalue weighted by molar-refractivity contribution is 0.463. The topological polar surface area (TPSA) is 60.1 Å². The maximum atomic E-state index is 12.9. The Morgan fingerprint density at radius 1 is 1.21 bits per heavy atom. The number of rotatable bonds is 5. The summed E-state index contributed by atoms with van der Waals surface area (Å²) in [5, 5.41) is 11.7. The highest BCUT2D eigenvalue weighted by Crippen LogP contribution is 2.37. The van der Waals surface area contributed by atoms with Crippen LogP contribution in [-0.2, 0) is 30.1 Å². The molecule has 0 amide bonds. The first-order valence-electron chi connectivity index (χ1n) is 9.26. The fourth-order valence-corrected chi connectivity index (χ4v) is 5.28. The van der Waals surface area contributed by atoms with Crippen LogP contribution in [0.1, 0.15) is 22.6 Å². The first-order chi connectivity index (χ1) is 13.8. The molecular weight excluding hydrogens is 450 g/mol. The third-order valence-corrected chi connectivity index (χ3v) is 7.21. The van der Waals surface area contributed by atoms with Crippen LogP contribution in [-0.4, -0.2) is 23.4 Å². The van der Waals surface area contributed by atoms with Crippen LogP contribution in [0.5, 0.6) is 5.75 Å². The van der Waals surface area contributed by atoms with Gasteiger partial charge < -0.3 is 14.2 Å². The van der Waals surface area contributed by atoms with Gasteiger partial charge in [-0.3, -0.25) is 4.21 Å². The Labute approximate surface area is 180 Å². The Morgan fingerprint density at radius 2 is 2.00 bits per heavy atom. The fraction of sp³-hybridized carbons (Fsp3) is 0.227. The summed E-state index contributed by atoms with van der Waals surface area (Å²) in [5.41, 5.74) is 3.86. The molecule has 0 aliphatic rings. The Hall–Kier alpha value is -2.38. The molecule has 0 aliphatic carbocycles. The summed E-state index contributed by atoms with van der Waals surface area (Å²) in [6.07, 6.45) is 3.65. The normalized spacial score (nSPS) is 12.6. The molecule has 4 aromatic rings. The minimum atomic E-state index is -1.14. The molecule has 2 aromatic carbocycles. The van der Waals surface area contributed by atoms with Crippen molar-refractivity contribution in [2.45, 2.75) is 31.0 Å². The Morgan fingerprint density at radius 3 is 2.69 bits per heavy atom. The van der Waals surface area contributed by atoms with Gasteiger partial charge >= 0.3 is 0 Å². The van der Waals surface area contributed by atoms with Crippen molar-refractivity contribution in [3.8, 4) is 5.75 Å². The Balaban J connectivity index is 1.77. The van der Waals surface area contributed by atoms with E-state index in [0.717, 1.165) is 38.4 Å². The largest absolute Gasteiger partial charge is 0.506 e. The van der Waals surface area contributed by atoms with Crippen LogP contribution < -0.4 is 0 Å². The molecule has 4 rings (SSSR count). The van der Waals surface area contributed by atoms with E-state index in [9.17, 15) is 9.32 Å². The smallest absolute Gasteiger partial charge is 0.135 e. The molecule has 150 valence electrons. The Bertz CT molecular complexity index is 1240. The van der Waals surface area contributed by atoms with Crippen LogP contribution in [0.25, 0.3) is 10.9 Å². The van der Waals surface area contributed by atoms with Crippen LogP contribution >= 0.6 is 15.9 Å². The lowest BCUT2D eigenvalue weighted by Crippen LogP contribution is -2.03. The molecule has 2 aromatic heterocycles. The minimum absolute atomic E-state index is 0.225. The van der Waals surface area contributed by atoms with E-state index in [1.807, 2.05) is 68.1 Å². The number of halogens is 1. The molecule has 7 heteroatoms. The van der Waals surface area contributed by atoms with Gasteiger partial charge in [0.1, 0.15) is 11.6 Å². The first-order valence-corrected chi connectivity index (χ1v) is 11.4. The highest BCUT2D eigenvalue weighted by Gasteiger charge is 2.18. The van der Waals surface area contributed by atoms with E-state index in [4.69, 9.17) is 0 Å². The van der Waals surface area contributed by atoms with Crippen LogP contribution in [0.4, 0.5) is 0 Å². The van der Waals surface area contributed by atoms with Gasteiger partial charge in [0.15, 0.2) is 0 Å². The third-order valence-electron chi connectivity index (χ3n) is 5.26. The molecule has 0 bridgehead atoms. The molecule has 0 aliphatic heterocycles. The number of hydrogen-bond acceptors (Lipinski definition) is 3. The molecule has 0 radical (unpaired) electrons. The molecule has 1 atom stereocenters. The summed E-state index contributed by atoms with van der Waals surface area (Å²) in [4.78, 5) is 5.10. The zero-order chi connectivity index (χ0) is 20.7. The number of aromatic nitrogens is 3. The summed E-state index contributed by atoms with van der Waals surface area (Å²) in [5.74, 6) is 1.52. The second-order valence-corrected chi connectivity index (χ2v) is 9.53. The van der Waals surface area contributed by atoms with Crippen molar-refractivity contribution < 1.29 is 9.32 Å². The van der Waals surface area contributed by atoms with Crippen molar-refractivity contribution in [1.82, 2.24) is 14.1 Å². The van der Waals surface area contributed by atoms with E-state index in [2.05, 4.69) is 25.5 Å². The number of hydrogen-bond donors (Lipinski definition) is 1. The Kier molecular flexibility index (Phi) is 5.36. The number of nitrogens with zero attached hydrogens (tertiary/aromatic N) is 3. The van der Waals surface area contributed by atoms with Crippen molar-refractivity contribution in [3.05, 3.63) is 75.9 Å². The maximum absolute atomic E-state index is 12.9. The predicted molar refractivity (Wildman–Crippen MR) is 120 cm³/mol. The number of phenolic OH excluding ortho intramolecular Hbond substituents is 1. The summed E-state index contributed by atoms with van der Waals surface area (Å²) in [7, 11) is 0.829. The van der Waals surface area contributed by atoms with E-state index >= 15 is 0 Å². The zero-order valence-corrected chi connectivity index (χ0v) is 18.9. The number of aromatic hydroxyl groups is 1. The molecule has 1 unspecified atom stereocenters. The van der Waals surface area contributed by atoms with Crippen LogP contribution in [0.3, 0.4) is 0 Å². The van der Waals surface area contributed by atoms with E-state index in [-0.39, 0.29) is 5.75 Å². The van der Waals surface area contributed by atoms with Gasteiger partial charge in [0.2, 0.25) is 0 Å². The van der Waals surface area contributed by atoms with Gasteiger partial charge in [-0.2, -0.15) is 0 Å². The number of benzene rings is 2. The standard InChI is InChI=1S/C22H22BrN3O2S/c1-14-5-4-6-17(9-14)29(28)13-16-10-18-19(12-26-8-7-24-15(26)2)22(27)20(23)11-21(18)25(16)3/h4-11,27H,12-13H2,1-3H3. The summed E-state index contributed by atoms with van der Waals surface area (Å²) in [6.45, 7) is 4.45. The van der Waals surface area contributed by atoms with Gasteiger partial charge in [0.05, 0.1) is 27.6 Å². The van der Waals surface area contributed by atoms with Crippen molar-refractivity contribution in [2.24, 2.45) is 7.05 Å². The van der Waals surface area contributed by atoms with Crippen LogP contribution in [0.2, 0.25) is 0 Å². The molecule has 0 saturated carbocycles. The number of aryl methyl sites for hydroxylation is 3. The molecule has 0 fully saturated rings. The van der Waals surface area contributed by atoms with Crippen molar-refractivity contribution in [1.29, 1.82) is 0 Å². The van der Waals surface area contributed by atoms with Gasteiger partial charge in [-0.05, 0) is 59.6 Å². The molecule has 29 heavy (non-hydrogen) atoms. The van der Waals surface area contributed by atoms with Gasteiger partial charge in [0, 0.05) is 46.5 Å². The monoisotopic (exact) mass is 471 g/mol. The van der Waals surface area contributed by atoms with E-state index in [1.54, 1.807) is 6.20 Å². The molecule has 2 heterocycles.